The molecule has 1 aromatic rings. The molecule has 0 spiro atoms. The number of likely N-dealkylation sites (tertiary alicyclic amines) is 1. The fourth-order valence-electron chi connectivity index (χ4n) is 2.77. The first-order valence-corrected chi connectivity index (χ1v) is 7.33. The number of methoxy groups -OCH3 is 2. The van der Waals surface area contributed by atoms with E-state index in [1.807, 2.05) is 12.1 Å². The summed E-state index contributed by atoms with van der Waals surface area (Å²) in [5.74, 6) is 2.43. The van der Waals surface area contributed by atoms with Crippen LogP contribution in [0.2, 0.25) is 0 Å². The highest BCUT2D eigenvalue weighted by Crippen LogP contribution is 2.30. The number of rotatable bonds is 6. The molecule has 0 amide bonds. The Balaban J connectivity index is 1.85. The van der Waals surface area contributed by atoms with E-state index in [2.05, 4.69) is 23.3 Å². The molecule has 20 heavy (non-hydrogen) atoms. The minimum absolute atomic E-state index is 0.794. The van der Waals surface area contributed by atoms with Crippen molar-refractivity contribution < 1.29 is 9.47 Å². The fraction of sp³-hybridized carbons (Fsp3) is 0.625. The van der Waals surface area contributed by atoms with Crippen LogP contribution in [-0.2, 0) is 6.54 Å². The van der Waals surface area contributed by atoms with Gasteiger partial charge >= 0.3 is 0 Å². The van der Waals surface area contributed by atoms with Gasteiger partial charge in [-0.1, -0.05) is 12.1 Å². The van der Waals surface area contributed by atoms with Gasteiger partial charge in [-0.05, 0) is 51.5 Å². The number of benzene rings is 1. The maximum Gasteiger partial charge on any atom is 0.165 e. The molecule has 112 valence electrons. The molecular formula is C16H26N2O2. The Bertz CT molecular complexity index is 415. The third-order valence-electron chi connectivity index (χ3n) is 4.07. The van der Waals surface area contributed by atoms with Crippen LogP contribution >= 0.6 is 0 Å². The highest BCUT2D eigenvalue weighted by Gasteiger charge is 2.16. The lowest BCUT2D eigenvalue weighted by Crippen LogP contribution is -2.34. The molecule has 0 saturated carbocycles. The summed E-state index contributed by atoms with van der Waals surface area (Å²) in [5.41, 5.74) is 1.15. The highest BCUT2D eigenvalue weighted by atomic mass is 16.5. The van der Waals surface area contributed by atoms with Crippen molar-refractivity contribution in [3.63, 3.8) is 0 Å². The highest BCUT2D eigenvalue weighted by molar-refractivity contribution is 5.46. The Hall–Kier alpha value is -1.26. The number of piperidine rings is 1. The van der Waals surface area contributed by atoms with Crippen molar-refractivity contribution in [1.29, 1.82) is 0 Å². The van der Waals surface area contributed by atoms with Gasteiger partial charge in [0.2, 0.25) is 0 Å². The maximum atomic E-state index is 5.45. The quantitative estimate of drug-likeness (QED) is 0.864. The zero-order valence-electron chi connectivity index (χ0n) is 12.8. The van der Waals surface area contributed by atoms with Gasteiger partial charge in [0.05, 0.1) is 14.2 Å². The molecular weight excluding hydrogens is 252 g/mol. The van der Waals surface area contributed by atoms with Gasteiger partial charge in [0.25, 0.3) is 0 Å². The van der Waals surface area contributed by atoms with Crippen molar-refractivity contribution in [2.75, 3.05) is 40.9 Å². The first-order valence-electron chi connectivity index (χ1n) is 7.33. The SMILES string of the molecule is COc1cccc(CNCC2CCN(C)CC2)c1OC. The second-order valence-electron chi connectivity index (χ2n) is 5.53. The van der Waals surface area contributed by atoms with E-state index in [4.69, 9.17) is 9.47 Å². The molecule has 1 saturated heterocycles. The van der Waals surface area contributed by atoms with Gasteiger partial charge in [-0.25, -0.2) is 0 Å². The second-order valence-corrected chi connectivity index (χ2v) is 5.53. The molecule has 0 unspecified atom stereocenters. The molecule has 0 aromatic heterocycles. The number of para-hydroxylation sites is 1. The first-order chi connectivity index (χ1) is 9.74. The Morgan fingerprint density at radius 1 is 1.20 bits per heavy atom. The van der Waals surface area contributed by atoms with Crippen LogP contribution in [0.25, 0.3) is 0 Å². The van der Waals surface area contributed by atoms with Gasteiger partial charge in [-0.3, -0.25) is 0 Å². The topological polar surface area (TPSA) is 33.7 Å². The van der Waals surface area contributed by atoms with E-state index in [1.54, 1.807) is 14.2 Å². The summed E-state index contributed by atoms with van der Waals surface area (Å²) in [5, 5.41) is 3.56. The Morgan fingerprint density at radius 3 is 2.60 bits per heavy atom. The number of nitrogens with zero attached hydrogens (tertiary/aromatic N) is 1. The molecule has 1 aliphatic rings. The van der Waals surface area contributed by atoms with Crippen LogP contribution in [0.4, 0.5) is 0 Å². The summed E-state index contributed by atoms with van der Waals surface area (Å²) < 4.78 is 10.8. The third kappa shape index (κ3) is 3.87. The van der Waals surface area contributed by atoms with Crippen molar-refractivity contribution in [3.05, 3.63) is 23.8 Å². The lowest BCUT2D eigenvalue weighted by atomic mass is 9.97. The van der Waals surface area contributed by atoms with Crippen molar-refractivity contribution in [3.8, 4) is 11.5 Å². The number of nitrogens with one attached hydrogen (secondary N) is 1. The van der Waals surface area contributed by atoms with Crippen LogP contribution < -0.4 is 14.8 Å². The second kappa shape index (κ2) is 7.50. The van der Waals surface area contributed by atoms with Crippen LogP contribution in [-0.4, -0.2) is 45.8 Å². The summed E-state index contributed by atoms with van der Waals surface area (Å²) in [7, 11) is 5.57. The predicted octanol–water partition coefficient (Wildman–Crippen LogP) is 2.14. The molecule has 0 radical (unpaired) electrons. The molecule has 1 aromatic carbocycles. The molecule has 2 rings (SSSR count). The van der Waals surface area contributed by atoms with E-state index in [0.29, 0.717) is 0 Å². The van der Waals surface area contributed by atoms with E-state index >= 15 is 0 Å². The van der Waals surface area contributed by atoms with Crippen molar-refractivity contribution in [2.45, 2.75) is 19.4 Å². The van der Waals surface area contributed by atoms with E-state index in [-0.39, 0.29) is 0 Å². The van der Waals surface area contributed by atoms with Gasteiger partial charge in [-0.2, -0.15) is 0 Å². The van der Waals surface area contributed by atoms with E-state index in [1.165, 1.54) is 25.9 Å². The maximum absolute atomic E-state index is 5.45. The van der Waals surface area contributed by atoms with Crippen LogP contribution in [0.3, 0.4) is 0 Å². The summed E-state index contributed by atoms with van der Waals surface area (Å²) in [6.07, 6.45) is 2.58. The van der Waals surface area contributed by atoms with Gasteiger partial charge in [0.1, 0.15) is 0 Å². The van der Waals surface area contributed by atoms with Gasteiger partial charge in [0.15, 0.2) is 11.5 Å². The molecule has 0 aliphatic carbocycles. The number of hydrogen-bond donors (Lipinski definition) is 1. The Kier molecular flexibility index (Phi) is 5.68. The summed E-state index contributed by atoms with van der Waals surface area (Å²) in [4.78, 5) is 2.40. The van der Waals surface area contributed by atoms with Gasteiger partial charge < -0.3 is 19.7 Å². The average molecular weight is 278 g/mol. The van der Waals surface area contributed by atoms with Crippen molar-refractivity contribution in [2.24, 2.45) is 5.92 Å². The monoisotopic (exact) mass is 278 g/mol. The molecule has 1 heterocycles. The van der Waals surface area contributed by atoms with Crippen LogP contribution in [0.1, 0.15) is 18.4 Å². The average Bonchev–Trinajstić information content (AvgIpc) is 2.49. The summed E-state index contributed by atoms with van der Waals surface area (Å²) in [6.45, 7) is 4.34. The molecule has 1 fully saturated rings. The van der Waals surface area contributed by atoms with Crippen molar-refractivity contribution >= 4 is 0 Å². The summed E-state index contributed by atoms with van der Waals surface area (Å²) >= 11 is 0. The van der Waals surface area contributed by atoms with E-state index < -0.39 is 0 Å². The molecule has 4 nitrogen and oxygen atoms in total. The largest absolute Gasteiger partial charge is 0.493 e. The van der Waals surface area contributed by atoms with E-state index in [0.717, 1.165) is 36.1 Å². The van der Waals surface area contributed by atoms with E-state index in [9.17, 15) is 0 Å². The van der Waals surface area contributed by atoms with Crippen LogP contribution in [0.5, 0.6) is 11.5 Å². The lowest BCUT2D eigenvalue weighted by molar-refractivity contribution is 0.216. The minimum atomic E-state index is 0.794. The molecule has 0 bridgehead atoms. The molecule has 4 heteroatoms. The number of hydrogen-bond acceptors (Lipinski definition) is 4. The van der Waals surface area contributed by atoms with Gasteiger partial charge in [0, 0.05) is 12.1 Å². The van der Waals surface area contributed by atoms with Crippen LogP contribution in [0.15, 0.2) is 18.2 Å². The Morgan fingerprint density at radius 2 is 1.95 bits per heavy atom. The Labute approximate surface area is 122 Å². The molecule has 1 N–H and O–H groups in total. The minimum Gasteiger partial charge on any atom is -0.493 e. The fourth-order valence-corrected chi connectivity index (χ4v) is 2.77. The lowest BCUT2D eigenvalue weighted by Gasteiger charge is -2.29. The first kappa shape index (κ1) is 15.1. The molecule has 0 atom stereocenters. The summed E-state index contributed by atoms with van der Waals surface area (Å²) in [6, 6.07) is 6.02. The molecule has 1 aliphatic heterocycles. The zero-order valence-corrected chi connectivity index (χ0v) is 12.8. The zero-order chi connectivity index (χ0) is 14.4. The smallest absolute Gasteiger partial charge is 0.165 e. The third-order valence-corrected chi connectivity index (χ3v) is 4.07. The number of ether oxygens (including phenoxy) is 2. The van der Waals surface area contributed by atoms with Gasteiger partial charge in [-0.15, -0.1) is 0 Å². The van der Waals surface area contributed by atoms with Crippen LogP contribution in [0, 0.1) is 5.92 Å². The normalized spacial score (nSPS) is 17.1. The standard InChI is InChI=1S/C16H26N2O2/c1-18-9-7-13(8-10-18)11-17-12-14-5-4-6-15(19-2)16(14)20-3/h4-6,13,17H,7-12H2,1-3H3. The van der Waals surface area contributed by atoms with Crippen molar-refractivity contribution in [1.82, 2.24) is 10.2 Å². The predicted molar refractivity (Wildman–Crippen MR) is 81.5 cm³/mol.